The Morgan fingerprint density at radius 3 is 2.69 bits per heavy atom. The van der Waals surface area contributed by atoms with E-state index in [1.54, 1.807) is 0 Å². The third-order valence-electron chi connectivity index (χ3n) is 2.54. The Hall–Kier alpha value is -0.610. The summed E-state index contributed by atoms with van der Waals surface area (Å²) in [7, 11) is 0. The lowest BCUT2D eigenvalue weighted by atomic mass is 9.99. The first-order valence-corrected chi connectivity index (χ1v) is 4.78. The lowest BCUT2D eigenvalue weighted by Crippen LogP contribution is -2.54. The van der Waals surface area contributed by atoms with E-state index in [0.717, 1.165) is 6.42 Å². The van der Waals surface area contributed by atoms with Crippen molar-refractivity contribution < 1.29 is 9.53 Å². The number of rotatable bonds is 4. The summed E-state index contributed by atoms with van der Waals surface area (Å²) in [5.74, 6) is 0.184. The second kappa shape index (κ2) is 4.58. The molecule has 0 radical (unpaired) electrons. The van der Waals surface area contributed by atoms with Crippen LogP contribution in [0.3, 0.4) is 0 Å². The normalized spacial score (nSPS) is 21.8. The van der Waals surface area contributed by atoms with E-state index in [1.807, 2.05) is 13.8 Å². The third kappa shape index (κ3) is 2.67. The highest BCUT2D eigenvalue weighted by molar-refractivity contribution is 5.82. The first kappa shape index (κ1) is 10.5. The van der Waals surface area contributed by atoms with Gasteiger partial charge in [0.1, 0.15) is 0 Å². The van der Waals surface area contributed by atoms with E-state index < -0.39 is 0 Å². The minimum Gasteiger partial charge on any atom is -0.377 e. The number of nitrogens with one attached hydrogen (secondary N) is 1. The van der Waals surface area contributed by atoms with E-state index >= 15 is 0 Å². The smallest absolute Gasteiger partial charge is 0.237 e. The summed E-state index contributed by atoms with van der Waals surface area (Å²) in [6.45, 7) is 5.27. The first-order valence-electron chi connectivity index (χ1n) is 4.78. The van der Waals surface area contributed by atoms with Gasteiger partial charge in [0.15, 0.2) is 0 Å². The third-order valence-corrected chi connectivity index (χ3v) is 2.54. The molecule has 0 bridgehead atoms. The summed E-state index contributed by atoms with van der Waals surface area (Å²) in [4.78, 5) is 11.5. The zero-order chi connectivity index (χ0) is 9.84. The molecule has 4 heteroatoms. The van der Waals surface area contributed by atoms with Crippen LogP contribution in [0.15, 0.2) is 0 Å². The van der Waals surface area contributed by atoms with E-state index in [9.17, 15) is 4.79 Å². The second-order valence-electron chi connectivity index (χ2n) is 3.65. The van der Waals surface area contributed by atoms with Crippen molar-refractivity contribution >= 4 is 5.91 Å². The largest absolute Gasteiger partial charge is 0.377 e. The molecule has 13 heavy (non-hydrogen) atoms. The maximum Gasteiger partial charge on any atom is 0.237 e. The van der Waals surface area contributed by atoms with Crippen LogP contribution >= 0.6 is 0 Å². The molecule has 1 aliphatic rings. The molecule has 2 atom stereocenters. The molecule has 1 saturated heterocycles. The first-order chi connectivity index (χ1) is 6.15. The average Bonchev–Trinajstić information content (AvgIpc) is 2.08. The second-order valence-corrected chi connectivity index (χ2v) is 3.65. The molecule has 0 saturated carbocycles. The Balaban J connectivity index is 2.28. The number of carbonyl (C=O) groups is 1. The molecule has 1 rings (SSSR count). The van der Waals surface area contributed by atoms with Gasteiger partial charge >= 0.3 is 0 Å². The van der Waals surface area contributed by atoms with Crippen LogP contribution in [-0.2, 0) is 9.53 Å². The standard InChI is InChI=1S/C9H18N2O2/c1-3-6(2)8(10)9(12)11-7-4-13-5-7/h6-8H,3-5,10H2,1-2H3,(H,11,12)/t6?,8-/m0/s1. The van der Waals surface area contributed by atoms with Gasteiger partial charge in [0, 0.05) is 0 Å². The molecule has 0 spiro atoms. The summed E-state index contributed by atoms with van der Waals surface area (Å²) >= 11 is 0. The van der Waals surface area contributed by atoms with Gasteiger partial charge < -0.3 is 15.8 Å². The molecule has 1 amide bonds. The fourth-order valence-electron chi connectivity index (χ4n) is 1.13. The summed E-state index contributed by atoms with van der Waals surface area (Å²) in [5.41, 5.74) is 5.75. The van der Waals surface area contributed by atoms with Gasteiger partial charge in [-0.1, -0.05) is 20.3 Å². The highest BCUT2D eigenvalue weighted by Crippen LogP contribution is 2.06. The van der Waals surface area contributed by atoms with Crippen LogP contribution in [0.25, 0.3) is 0 Å². The molecule has 1 fully saturated rings. The number of hydrogen-bond acceptors (Lipinski definition) is 3. The Morgan fingerprint density at radius 2 is 2.31 bits per heavy atom. The maximum atomic E-state index is 11.5. The van der Waals surface area contributed by atoms with Crippen molar-refractivity contribution in [2.24, 2.45) is 11.7 Å². The molecule has 0 aromatic carbocycles. The monoisotopic (exact) mass is 186 g/mol. The predicted octanol–water partition coefficient (Wildman–Crippen LogP) is -0.125. The summed E-state index contributed by atoms with van der Waals surface area (Å²) in [5, 5.41) is 2.84. The van der Waals surface area contributed by atoms with Crippen LogP contribution in [0.5, 0.6) is 0 Å². The summed E-state index contributed by atoms with van der Waals surface area (Å²) in [6.07, 6.45) is 0.926. The van der Waals surface area contributed by atoms with Crippen LogP contribution < -0.4 is 11.1 Å². The van der Waals surface area contributed by atoms with Crippen LogP contribution in [0, 0.1) is 5.92 Å². The Bertz CT molecular complexity index is 180. The van der Waals surface area contributed by atoms with Crippen LogP contribution in [0.4, 0.5) is 0 Å². The molecule has 0 aromatic heterocycles. The molecule has 1 aliphatic heterocycles. The van der Waals surface area contributed by atoms with Gasteiger partial charge in [-0.2, -0.15) is 0 Å². The molecule has 76 valence electrons. The summed E-state index contributed by atoms with van der Waals surface area (Å²) in [6, 6.07) is -0.201. The van der Waals surface area contributed by atoms with Crippen LogP contribution in [0.1, 0.15) is 20.3 Å². The number of carbonyl (C=O) groups excluding carboxylic acids is 1. The number of amides is 1. The van der Waals surface area contributed by atoms with Crippen molar-refractivity contribution in [1.82, 2.24) is 5.32 Å². The van der Waals surface area contributed by atoms with Crippen LogP contribution in [-0.4, -0.2) is 31.2 Å². The predicted molar refractivity (Wildman–Crippen MR) is 50.2 cm³/mol. The topological polar surface area (TPSA) is 64.4 Å². The van der Waals surface area contributed by atoms with Crippen molar-refractivity contribution in [2.75, 3.05) is 13.2 Å². The molecular formula is C9H18N2O2. The zero-order valence-corrected chi connectivity index (χ0v) is 8.25. The molecule has 3 N–H and O–H groups in total. The molecule has 4 nitrogen and oxygen atoms in total. The van der Waals surface area contributed by atoms with Crippen LogP contribution in [0.2, 0.25) is 0 Å². The number of nitrogens with two attached hydrogens (primary N) is 1. The maximum absolute atomic E-state index is 11.5. The summed E-state index contributed by atoms with van der Waals surface area (Å²) < 4.78 is 4.95. The minimum atomic E-state index is -0.384. The molecule has 0 aromatic rings. The number of hydrogen-bond donors (Lipinski definition) is 2. The highest BCUT2D eigenvalue weighted by Gasteiger charge is 2.25. The van der Waals surface area contributed by atoms with Gasteiger partial charge in [-0.25, -0.2) is 0 Å². The molecule has 0 aliphatic carbocycles. The highest BCUT2D eigenvalue weighted by atomic mass is 16.5. The number of ether oxygens (including phenoxy) is 1. The van der Waals surface area contributed by atoms with Crippen molar-refractivity contribution in [2.45, 2.75) is 32.4 Å². The fourth-order valence-corrected chi connectivity index (χ4v) is 1.13. The lowest BCUT2D eigenvalue weighted by molar-refractivity contribution is -0.127. The van der Waals surface area contributed by atoms with E-state index in [2.05, 4.69) is 5.32 Å². The zero-order valence-electron chi connectivity index (χ0n) is 8.25. The van der Waals surface area contributed by atoms with Crippen molar-refractivity contribution in [3.05, 3.63) is 0 Å². The fraction of sp³-hybridized carbons (Fsp3) is 0.889. The van der Waals surface area contributed by atoms with E-state index in [4.69, 9.17) is 10.5 Å². The quantitative estimate of drug-likeness (QED) is 0.643. The van der Waals surface area contributed by atoms with E-state index in [-0.39, 0.29) is 23.9 Å². The Kier molecular flexibility index (Phi) is 3.69. The van der Waals surface area contributed by atoms with Gasteiger partial charge in [0.2, 0.25) is 5.91 Å². The molecule has 1 unspecified atom stereocenters. The Morgan fingerprint density at radius 1 is 1.69 bits per heavy atom. The van der Waals surface area contributed by atoms with Gasteiger partial charge in [-0.15, -0.1) is 0 Å². The average molecular weight is 186 g/mol. The molecular weight excluding hydrogens is 168 g/mol. The minimum absolute atomic E-state index is 0.0531. The van der Waals surface area contributed by atoms with Gasteiger partial charge in [0.25, 0.3) is 0 Å². The molecule has 1 heterocycles. The van der Waals surface area contributed by atoms with Crippen molar-refractivity contribution in [1.29, 1.82) is 0 Å². The van der Waals surface area contributed by atoms with Crippen molar-refractivity contribution in [3.8, 4) is 0 Å². The van der Waals surface area contributed by atoms with Gasteiger partial charge in [0.05, 0.1) is 25.3 Å². The SMILES string of the molecule is CCC(C)[C@H](N)C(=O)NC1COC1. The van der Waals surface area contributed by atoms with E-state index in [0.29, 0.717) is 13.2 Å². The lowest BCUT2D eigenvalue weighted by Gasteiger charge is -2.29. The van der Waals surface area contributed by atoms with E-state index in [1.165, 1.54) is 0 Å². The van der Waals surface area contributed by atoms with Gasteiger partial charge in [-0.3, -0.25) is 4.79 Å². The van der Waals surface area contributed by atoms with Gasteiger partial charge in [-0.05, 0) is 5.92 Å². The Labute approximate surface area is 78.8 Å². The van der Waals surface area contributed by atoms with Crippen molar-refractivity contribution in [3.63, 3.8) is 0 Å².